The molecule has 0 aliphatic carbocycles. The molecule has 0 atom stereocenters. The van der Waals surface area contributed by atoms with E-state index in [-0.39, 0.29) is 19.0 Å². The Kier molecular flexibility index (Phi) is 6.38. The fourth-order valence-electron chi connectivity index (χ4n) is 1.42. The number of methoxy groups -OCH3 is 3. The second kappa shape index (κ2) is 6.98. The van der Waals surface area contributed by atoms with E-state index in [0.717, 1.165) is 5.56 Å². The third-order valence-electron chi connectivity index (χ3n) is 2.23. The number of esters is 1. The van der Waals surface area contributed by atoms with E-state index in [1.807, 2.05) is 0 Å². The van der Waals surface area contributed by atoms with Gasteiger partial charge in [-0.3, -0.25) is 0 Å². The molecule has 0 aliphatic heterocycles. The molecule has 2 N–H and O–H groups in total. The first-order chi connectivity index (χ1) is 7.67. The maximum absolute atomic E-state index is 11.4. The van der Waals surface area contributed by atoms with E-state index >= 15 is 0 Å². The number of nitrogens with two attached hydrogens (primary N) is 1. The summed E-state index contributed by atoms with van der Waals surface area (Å²) in [6.45, 7) is 0.272. The fraction of sp³-hybridized carbons (Fsp3) is 0.364. The Balaban J connectivity index is 0.00000256. The van der Waals surface area contributed by atoms with Gasteiger partial charge in [-0.05, 0) is 12.1 Å². The summed E-state index contributed by atoms with van der Waals surface area (Å²) in [5, 5.41) is 0. The topological polar surface area (TPSA) is 70.8 Å². The highest BCUT2D eigenvalue weighted by Gasteiger charge is 2.15. The average molecular weight is 262 g/mol. The van der Waals surface area contributed by atoms with Crippen LogP contribution in [0.4, 0.5) is 0 Å². The van der Waals surface area contributed by atoms with Crippen molar-refractivity contribution in [3.05, 3.63) is 23.3 Å². The Morgan fingerprint density at radius 2 is 1.65 bits per heavy atom. The van der Waals surface area contributed by atoms with Gasteiger partial charge in [0, 0.05) is 12.1 Å². The molecule has 6 heteroatoms. The summed E-state index contributed by atoms with van der Waals surface area (Å²) in [7, 11) is 4.34. The van der Waals surface area contributed by atoms with E-state index in [0.29, 0.717) is 17.1 Å². The number of hydrogen-bond donors (Lipinski definition) is 1. The zero-order valence-electron chi connectivity index (χ0n) is 9.98. The standard InChI is InChI=1S/C11H15NO4.ClH/c1-14-9-4-7(11(13)16-3)5-10(15-2)8(9)6-12;/h4-5H,6,12H2,1-3H3;1H. The van der Waals surface area contributed by atoms with Crippen LogP contribution in [0.5, 0.6) is 11.5 Å². The van der Waals surface area contributed by atoms with Crippen molar-refractivity contribution in [2.75, 3.05) is 21.3 Å². The van der Waals surface area contributed by atoms with Crippen LogP contribution in [0.15, 0.2) is 12.1 Å². The van der Waals surface area contributed by atoms with Crippen molar-refractivity contribution >= 4 is 18.4 Å². The quantitative estimate of drug-likeness (QED) is 0.829. The Labute approximate surface area is 106 Å². The molecular formula is C11H16ClNO4. The number of carbonyl (C=O) groups excluding carboxylic acids is 1. The van der Waals surface area contributed by atoms with Gasteiger partial charge in [-0.1, -0.05) is 0 Å². The van der Waals surface area contributed by atoms with E-state index in [1.54, 1.807) is 12.1 Å². The number of ether oxygens (including phenoxy) is 3. The minimum absolute atomic E-state index is 0. The van der Waals surface area contributed by atoms with Gasteiger partial charge in [-0.15, -0.1) is 12.4 Å². The zero-order chi connectivity index (χ0) is 12.1. The van der Waals surface area contributed by atoms with Crippen molar-refractivity contribution in [3.63, 3.8) is 0 Å². The Morgan fingerprint density at radius 3 is 1.94 bits per heavy atom. The molecule has 0 radical (unpaired) electrons. The van der Waals surface area contributed by atoms with Crippen molar-refractivity contribution in [1.82, 2.24) is 0 Å². The molecule has 96 valence electrons. The van der Waals surface area contributed by atoms with Crippen LogP contribution >= 0.6 is 12.4 Å². The van der Waals surface area contributed by atoms with Gasteiger partial charge in [0.05, 0.1) is 26.9 Å². The lowest BCUT2D eigenvalue weighted by Gasteiger charge is -2.13. The van der Waals surface area contributed by atoms with Crippen molar-refractivity contribution in [2.45, 2.75) is 6.54 Å². The van der Waals surface area contributed by atoms with Crippen LogP contribution in [0.2, 0.25) is 0 Å². The fourth-order valence-corrected chi connectivity index (χ4v) is 1.42. The maximum Gasteiger partial charge on any atom is 0.338 e. The maximum atomic E-state index is 11.4. The van der Waals surface area contributed by atoms with Gasteiger partial charge in [-0.2, -0.15) is 0 Å². The Hall–Kier alpha value is -1.46. The molecule has 1 aromatic rings. The van der Waals surface area contributed by atoms with E-state index in [4.69, 9.17) is 15.2 Å². The summed E-state index contributed by atoms with van der Waals surface area (Å²) in [4.78, 5) is 11.4. The second-order valence-corrected chi connectivity index (χ2v) is 3.06. The average Bonchev–Trinajstić information content (AvgIpc) is 2.35. The minimum Gasteiger partial charge on any atom is -0.496 e. The van der Waals surface area contributed by atoms with Crippen LogP contribution in [0.1, 0.15) is 15.9 Å². The van der Waals surface area contributed by atoms with Gasteiger partial charge in [0.2, 0.25) is 0 Å². The van der Waals surface area contributed by atoms with E-state index in [2.05, 4.69) is 4.74 Å². The molecule has 0 heterocycles. The minimum atomic E-state index is -0.444. The molecule has 0 aliphatic rings. The van der Waals surface area contributed by atoms with E-state index < -0.39 is 5.97 Å². The Morgan fingerprint density at radius 1 is 1.18 bits per heavy atom. The van der Waals surface area contributed by atoms with E-state index in [9.17, 15) is 4.79 Å². The summed E-state index contributed by atoms with van der Waals surface area (Å²) in [5.41, 5.74) is 6.67. The number of carbonyl (C=O) groups is 1. The molecule has 0 fully saturated rings. The van der Waals surface area contributed by atoms with Gasteiger partial charge in [0.25, 0.3) is 0 Å². The van der Waals surface area contributed by atoms with Crippen LogP contribution in [0.3, 0.4) is 0 Å². The molecule has 0 saturated carbocycles. The first-order valence-electron chi connectivity index (χ1n) is 4.71. The Bertz CT molecular complexity index is 370. The molecular weight excluding hydrogens is 246 g/mol. The predicted molar refractivity (Wildman–Crippen MR) is 66.0 cm³/mol. The van der Waals surface area contributed by atoms with Crippen molar-refractivity contribution in [1.29, 1.82) is 0 Å². The van der Waals surface area contributed by atoms with Gasteiger partial charge in [-0.25, -0.2) is 4.79 Å². The first-order valence-corrected chi connectivity index (χ1v) is 4.71. The van der Waals surface area contributed by atoms with Crippen molar-refractivity contribution < 1.29 is 19.0 Å². The molecule has 0 unspecified atom stereocenters. The molecule has 1 rings (SSSR count). The SMILES string of the molecule is COC(=O)c1cc(OC)c(CN)c(OC)c1.Cl. The summed E-state index contributed by atoms with van der Waals surface area (Å²) >= 11 is 0. The largest absolute Gasteiger partial charge is 0.496 e. The van der Waals surface area contributed by atoms with Gasteiger partial charge in [0.15, 0.2) is 0 Å². The molecule has 0 spiro atoms. The van der Waals surface area contributed by atoms with Crippen LogP contribution in [-0.2, 0) is 11.3 Å². The second-order valence-electron chi connectivity index (χ2n) is 3.06. The molecule has 0 bridgehead atoms. The highest BCUT2D eigenvalue weighted by Crippen LogP contribution is 2.30. The first kappa shape index (κ1) is 15.5. The van der Waals surface area contributed by atoms with Crippen LogP contribution in [0, 0.1) is 0 Å². The monoisotopic (exact) mass is 261 g/mol. The molecule has 5 nitrogen and oxygen atoms in total. The molecule has 1 aromatic carbocycles. The molecule has 0 amide bonds. The molecule has 0 aromatic heterocycles. The normalized spacial score (nSPS) is 9.18. The third-order valence-corrected chi connectivity index (χ3v) is 2.23. The summed E-state index contributed by atoms with van der Waals surface area (Å²) in [5.74, 6) is 0.588. The lowest BCUT2D eigenvalue weighted by molar-refractivity contribution is 0.0600. The highest BCUT2D eigenvalue weighted by atomic mass is 35.5. The smallest absolute Gasteiger partial charge is 0.338 e. The predicted octanol–water partition coefficient (Wildman–Crippen LogP) is 1.37. The summed E-state index contributed by atoms with van der Waals surface area (Å²) in [6.07, 6.45) is 0. The zero-order valence-corrected chi connectivity index (χ0v) is 10.8. The van der Waals surface area contributed by atoms with Gasteiger partial charge >= 0.3 is 5.97 Å². The molecule has 0 saturated heterocycles. The van der Waals surface area contributed by atoms with Gasteiger partial charge in [0.1, 0.15) is 11.5 Å². The third kappa shape index (κ3) is 3.25. The highest BCUT2D eigenvalue weighted by molar-refractivity contribution is 5.90. The van der Waals surface area contributed by atoms with Crippen LogP contribution in [0.25, 0.3) is 0 Å². The number of halogens is 1. The number of hydrogen-bond acceptors (Lipinski definition) is 5. The molecule has 17 heavy (non-hydrogen) atoms. The van der Waals surface area contributed by atoms with Crippen LogP contribution in [-0.4, -0.2) is 27.3 Å². The number of rotatable bonds is 4. The van der Waals surface area contributed by atoms with Crippen molar-refractivity contribution in [3.8, 4) is 11.5 Å². The van der Waals surface area contributed by atoms with Crippen molar-refractivity contribution in [2.24, 2.45) is 5.73 Å². The van der Waals surface area contributed by atoms with Gasteiger partial charge < -0.3 is 19.9 Å². The van der Waals surface area contributed by atoms with E-state index in [1.165, 1.54) is 21.3 Å². The number of benzene rings is 1. The lowest BCUT2D eigenvalue weighted by atomic mass is 10.1. The lowest BCUT2D eigenvalue weighted by Crippen LogP contribution is -2.07. The summed E-state index contributed by atoms with van der Waals surface area (Å²) < 4.78 is 14.9. The summed E-state index contributed by atoms with van der Waals surface area (Å²) in [6, 6.07) is 3.16. The van der Waals surface area contributed by atoms with Crippen LogP contribution < -0.4 is 15.2 Å².